The molecule has 0 saturated carbocycles. The van der Waals surface area contributed by atoms with E-state index in [1.54, 1.807) is 0 Å². The van der Waals surface area contributed by atoms with Crippen LogP contribution < -0.4 is 10.6 Å². The molecule has 2 aliphatic rings. The van der Waals surface area contributed by atoms with Crippen molar-refractivity contribution in [2.45, 2.75) is 25.0 Å². The first-order chi connectivity index (χ1) is 7.18. The molecule has 2 saturated heterocycles. The maximum Gasteiger partial charge on any atom is 0.246 e. The zero-order valence-electron chi connectivity index (χ0n) is 9.04. The van der Waals surface area contributed by atoms with Crippen molar-refractivity contribution in [1.82, 2.24) is 10.6 Å². The van der Waals surface area contributed by atoms with Gasteiger partial charge in [0, 0.05) is 24.9 Å². The highest BCUT2D eigenvalue weighted by Gasteiger charge is 2.33. The molecule has 15 heavy (non-hydrogen) atoms. The van der Waals surface area contributed by atoms with E-state index in [0.717, 1.165) is 31.0 Å². The van der Waals surface area contributed by atoms with Gasteiger partial charge in [-0.3, -0.25) is 4.79 Å². The van der Waals surface area contributed by atoms with Crippen molar-refractivity contribution in [3.05, 3.63) is 0 Å². The fraction of sp³-hybridized carbons (Fsp3) is 0.900. The predicted octanol–water partition coefficient (Wildman–Crippen LogP) is -0.0134. The second kappa shape index (κ2) is 4.72. The Kier molecular flexibility index (Phi) is 3.53. The van der Waals surface area contributed by atoms with Crippen molar-refractivity contribution >= 4 is 17.7 Å². The van der Waals surface area contributed by atoms with Crippen LogP contribution >= 0.6 is 11.8 Å². The second-order valence-electron chi connectivity index (χ2n) is 4.47. The molecule has 0 aromatic heterocycles. The van der Waals surface area contributed by atoms with Gasteiger partial charge in [-0.1, -0.05) is 0 Å². The minimum Gasteiger partial charge on any atom is -0.363 e. The first kappa shape index (κ1) is 11.2. The summed E-state index contributed by atoms with van der Waals surface area (Å²) in [6, 6.07) is 0.360. The first-order valence-corrected chi connectivity index (χ1v) is 6.55. The van der Waals surface area contributed by atoms with Crippen molar-refractivity contribution in [3.8, 4) is 0 Å². The smallest absolute Gasteiger partial charge is 0.246 e. The standard InChI is InChI=1S/C10H18N2O2S/c1-10(6-11-7-10)14-4-9(13)12-8-2-3-15-5-8/h8,11H,2-7H2,1H3,(H,12,13). The lowest BCUT2D eigenvalue weighted by Crippen LogP contribution is -2.59. The minimum absolute atomic E-state index is 0.0237. The van der Waals surface area contributed by atoms with Crippen LogP contribution in [0.5, 0.6) is 0 Å². The number of hydrogen-bond acceptors (Lipinski definition) is 4. The molecule has 2 fully saturated rings. The quantitative estimate of drug-likeness (QED) is 0.713. The molecular formula is C10H18N2O2S. The summed E-state index contributed by atoms with van der Waals surface area (Å²) in [6.07, 6.45) is 1.09. The van der Waals surface area contributed by atoms with Crippen molar-refractivity contribution in [2.75, 3.05) is 31.2 Å². The summed E-state index contributed by atoms with van der Waals surface area (Å²) in [6.45, 7) is 3.92. The molecule has 2 aliphatic heterocycles. The predicted molar refractivity (Wildman–Crippen MR) is 61.1 cm³/mol. The molecule has 0 aromatic rings. The molecule has 2 rings (SSSR count). The Morgan fingerprint density at radius 1 is 1.67 bits per heavy atom. The van der Waals surface area contributed by atoms with E-state index in [0.29, 0.717) is 6.04 Å². The summed E-state index contributed by atoms with van der Waals surface area (Å²) in [5.41, 5.74) is -0.123. The third-order valence-corrected chi connectivity index (χ3v) is 4.01. The third-order valence-electron chi connectivity index (χ3n) is 2.84. The lowest BCUT2D eigenvalue weighted by atomic mass is 10.0. The molecule has 0 aromatic carbocycles. The molecule has 1 atom stereocenters. The zero-order chi connectivity index (χ0) is 10.7. The van der Waals surface area contributed by atoms with E-state index in [2.05, 4.69) is 10.6 Å². The topological polar surface area (TPSA) is 50.4 Å². The maximum atomic E-state index is 11.5. The average molecular weight is 230 g/mol. The second-order valence-corrected chi connectivity index (χ2v) is 5.62. The Morgan fingerprint density at radius 3 is 3.00 bits per heavy atom. The van der Waals surface area contributed by atoms with Crippen LogP contribution in [0.25, 0.3) is 0 Å². The van der Waals surface area contributed by atoms with Gasteiger partial charge >= 0.3 is 0 Å². The summed E-state index contributed by atoms with van der Waals surface area (Å²) in [7, 11) is 0. The maximum absolute atomic E-state index is 11.5. The van der Waals surface area contributed by atoms with Crippen molar-refractivity contribution in [3.63, 3.8) is 0 Å². The monoisotopic (exact) mass is 230 g/mol. The number of thioether (sulfide) groups is 1. The van der Waals surface area contributed by atoms with E-state index in [-0.39, 0.29) is 18.1 Å². The summed E-state index contributed by atoms with van der Waals surface area (Å²) in [5.74, 6) is 2.23. The fourth-order valence-electron chi connectivity index (χ4n) is 1.74. The lowest BCUT2D eigenvalue weighted by molar-refractivity contribution is -0.136. The molecule has 0 radical (unpaired) electrons. The van der Waals surface area contributed by atoms with Crippen LogP contribution in [0.1, 0.15) is 13.3 Å². The highest BCUT2D eigenvalue weighted by Crippen LogP contribution is 2.17. The molecule has 5 heteroatoms. The third kappa shape index (κ3) is 3.09. The van der Waals surface area contributed by atoms with Gasteiger partial charge in [0.15, 0.2) is 0 Å². The average Bonchev–Trinajstić information content (AvgIpc) is 2.64. The molecular weight excluding hydrogens is 212 g/mol. The van der Waals surface area contributed by atoms with Gasteiger partial charge in [-0.2, -0.15) is 11.8 Å². The minimum atomic E-state index is -0.123. The number of ether oxygens (including phenoxy) is 1. The molecule has 2 heterocycles. The Labute approximate surface area is 94.5 Å². The Morgan fingerprint density at radius 2 is 2.47 bits per heavy atom. The molecule has 4 nitrogen and oxygen atoms in total. The Hall–Kier alpha value is -0.260. The largest absolute Gasteiger partial charge is 0.363 e. The number of carbonyl (C=O) groups is 1. The van der Waals surface area contributed by atoms with Crippen molar-refractivity contribution in [1.29, 1.82) is 0 Å². The molecule has 86 valence electrons. The van der Waals surface area contributed by atoms with E-state index in [9.17, 15) is 4.79 Å². The fourth-order valence-corrected chi connectivity index (χ4v) is 2.89. The van der Waals surface area contributed by atoms with Crippen LogP contribution in [-0.4, -0.2) is 48.8 Å². The Balaban J connectivity index is 1.63. The van der Waals surface area contributed by atoms with E-state index in [1.165, 1.54) is 0 Å². The summed E-state index contributed by atoms with van der Waals surface area (Å²) in [4.78, 5) is 11.5. The molecule has 2 N–H and O–H groups in total. The van der Waals surface area contributed by atoms with Crippen LogP contribution in [0.2, 0.25) is 0 Å². The number of nitrogens with one attached hydrogen (secondary N) is 2. The number of carbonyl (C=O) groups excluding carboxylic acids is 1. The number of hydrogen-bond donors (Lipinski definition) is 2. The van der Waals surface area contributed by atoms with Gasteiger partial charge in [-0.25, -0.2) is 0 Å². The van der Waals surface area contributed by atoms with E-state index < -0.39 is 0 Å². The van der Waals surface area contributed by atoms with E-state index in [1.807, 2.05) is 18.7 Å². The lowest BCUT2D eigenvalue weighted by Gasteiger charge is -2.38. The summed E-state index contributed by atoms with van der Waals surface area (Å²) < 4.78 is 5.56. The Bertz CT molecular complexity index is 238. The zero-order valence-corrected chi connectivity index (χ0v) is 9.86. The molecule has 1 unspecified atom stereocenters. The van der Waals surface area contributed by atoms with Gasteiger partial charge in [-0.05, 0) is 19.1 Å². The van der Waals surface area contributed by atoms with Crippen LogP contribution in [0.15, 0.2) is 0 Å². The van der Waals surface area contributed by atoms with Crippen LogP contribution in [0.4, 0.5) is 0 Å². The van der Waals surface area contributed by atoms with Crippen LogP contribution in [0, 0.1) is 0 Å². The highest BCUT2D eigenvalue weighted by molar-refractivity contribution is 7.99. The van der Waals surface area contributed by atoms with Crippen LogP contribution in [-0.2, 0) is 9.53 Å². The highest BCUT2D eigenvalue weighted by atomic mass is 32.2. The van der Waals surface area contributed by atoms with Gasteiger partial charge in [0.1, 0.15) is 6.61 Å². The normalized spacial score (nSPS) is 28.5. The van der Waals surface area contributed by atoms with Gasteiger partial charge in [0.25, 0.3) is 0 Å². The summed E-state index contributed by atoms with van der Waals surface area (Å²) in [5, 5.41) is 6.13. The molecule has 0 spiro atoms. The molecule has 1 amide bonds. The first-order valence-electron chi connectivity index (χ1n) is 5.40. The molecule has 0 bridgehead atoms. The number of rotatable bonds is 4. The van der Waals surface area contributed by atoms with Crippen molar-refractivity contribution in [2.24, 2.45) is 0 Å². The van der Waals surface area contributed by atoms with E-state index in [4.69, 9.17) is 4.74 Å². The van der Waals surface area contributed by atoms with Gasteiger partial charge < -0.3 is 15.4 Å². The molecule has 0 aliphatic carbocycles. The summed E-state index contributed by atoms with van der Waals surface area (Å²) >= 11 is 1.90. The SMILES string of the molecule is CC1(OCC(=O)NC2CCSC2)CNC1. The van der Waals surface area contributed by atoms with Gasteiger partial charge in [0.2, 0.25) is 5.91 Å². The van der Waals surface area contributed by atoms with Gasteiger partial charge in [0.05, 0.1) is 5.60 Å². The van der Waals surface area contributed by atoms with E-state index >= 15 is 0 Å². The number of amides is 1. The van der Waals surface area contributed by atoms with Gasteiger partial charge in [-0.15, -0.1) is 0 Å². The van der Waals surface area contributed by atoms with Crippen LogP contribution in [0.3, 0.4) is 0 Å². The van der Waals surface area contributed by atoms with Crippen molar-refractivity contribution < 1.29 is 9.53 Å².